The normalized spacial score (nSPS) is 17.5. The average molecular weight is 603 g/mol. The number of ketones is 2. The largest absolute Gasteiger partial charge is 0.504 e. The Bertz CT molecular complexity index is 2440. The van der Waals surface area contributed by atoms with E-state index >= 15 is 4.79 Å². The predicted octanol–water partition coefficient (Wildman–Crippen LogP) is 7.54. The lowest BCUT2D eigenvalue weighted by Gasteiger charge is -2.23. The maximum atomic E-state index is 15.0. The highest BCUT2D eigenvalue weighted by atomic mass is 16.5. The molecule has 2 aliphatic carbocycles. The Hall–Kier alpha value is -6.21. The zero-order valence-corrected chi connectivity index (χ0v) is 24.3. The summed E-state index contributed by atoms with van der Waals surface area (Å²) in [6, 6.07) is 29.0. The molecule has 1 heterocycles. The van der Waals surface area contributed by atoms with Gasteiger partial charge in [-0.1, -0.05) is 72.8 Å². The molecule has 0 radical (unpaired) electrons. The first-order valence-corrected chi connectivity index (χ1v) is 14.7. The molecule has 220 valence electrons. The topological polar surface area (TPSA) is 110 Å². The number of rotatable bonds is 3. The van der Waals surface area contributed by atoms with Crippen LogP contribution in [0.1, 0.15) is 37.4 Å². The van der Waals surface area contributed by atoms with Gasteiger partial charge in [-0.15, -0.1) is 0 Å². The summed E-state index contributed by atoms with van der Waals surface area (Å²) in [6.45, 7) is 0. The zero-order chi connectivity index (χ0) is 31.5. The lowest BCUT2D eigenvalue weighted by molar-refractivity contribution is -0.135. The highest BCUT2D eigenvalue weighted by Gasteiger charge is 2.62. The minimum atomic E-state index is -1.92. The summed E-state index contributed by atoms with van der Waals surface area (Å²) in [5.74, 6) is -2.13. The number of Topliss-reactive ketones (excluding diaryl/α,β-unsaturated/α-hetero) is 2. The summed E-state index contributed by atoms with van der Waals surface area (Å²) in [5.41, 5.74) is 2.58. The van der Waals surface area contributed by atoms with Crippen molar-refractivity contribution in [2.45, 2.75) is 5.41 Å². The number of phenols is 1. The molecule has 0 aromatic heterocycles. The smallest absolute Gasteiger partial charge is 0.334 e. The molecule has 0 saturated carbocycles. The van der Waals surface area contributed by atoms with E-state index in [-0.39, 0.29) is 17.2 Å². The molecule has 0 fully saturated rings. The van der Waals surface area contributed by atoms with Crippen molar-refractivity contribution in [1.82, 2.24) is 0 Å². The summed E-state index contributed by atoms with van der Waals surface area (Å²) in [4.78, 5) is 42.9. The lowest BCUT2D eigenvalue weighted by atomic mass is 9.72. The lowest BCUT2D eigenvalue weighted by Crippen LogP contribution is -2.40. The van der Waals surface area contributed by atoms with Crippen molar-refractivity contribution in [1.29, 1.82) is 0 Å². The quantitative estimate of drug-likeness (QED) is 0.122. The van der Waals surface area contributed by atoms with Gasteiger partial charge in [0.2, 0.25) is 5.78 Å². The Balaban J connectivity index is 1.40. The molecule has 6 aromatic rings. The minimum Gasteiger partial charge on any atom is -0.504 e. The van der Waals surface area contributed by atoms with Crippen LogP contribution in [-0.4, -0.2) is 34.9 Å². The molecule has 1 aliphatic heterocycles. The summed E-state index contributed by atoms with van der Waals surface area (Å²) < 4.78 is 11.6. The first-order chi connectivity index (χ1) is 22.4. The van der Waals surface area contributed by atoms with E-state index < -0.39 is 28.7 Å². The van der Waals surface area contributed by atoms with Crippen molar-refractivity contribution in [3.63, 3.8) is 0 Å². The van der Waals surface area contributed by atoms with Gasteiger partial charge in [0.15, 0.2) is 28.5 Å². The van der Waals surface area contributed by atoms with Gasteiger partial charge < -0.3 is 19.7 Å². The number of aliphatic hydroxyl groups is 1. The van der Waals surface area contributed by atoms with E-state index in [2.05, 4.69) is 0 Å². The molecule has 7 nitrogen and oxygen atoms in total. The molecule has 0 amide bonds. The second-order valence-electron chi connectivity index (χ2n) is 11.7. The average Bonchev–Trinajstić information content (AvgIpc) is 3.53. The summed E-state index contributed by atoms with van der Waals surface area (Å²) in [5, 5.41) is 23.9. The number of carbonyl (C=O) groups is 3. The number of methoxy groups -OCH3 is 1. The van der Waals surface area contributed by atoms with Crippen molar-refractivity contribution in [3.05, 3.63) is 131 Å². The van der Waals surface area contributed by atoms with Crippen LogP contribution in [-0.2, 0) is 10.2 Å². The molecule has 2 N–H and O–H groups in total. The number of ether oxygens (including phenoxy) is 2. The molecule has 0 bridgehead atoms. The zero-order valence-electron chi connectivity index (χ0n) is 24.3. The number of aromatic hydroxyl groups is 1. The number of benzene rings is 6. The van der Waals surface area contributed by atoms with Crippen LogP contribution in [0.25, 0.3) is 49.9 Å². The van der Waals surface area contributed by atoms with Gasteiger partial charge in [0.1, 0.15) is 5.75 Å². The SMILES string of the molecule is COc1cc2c3c(c(-c4ccccc4)ccc3c1O)C(=O)C21C(=O)Oc2c1cc1c3c(c(-c4ccccc4)ccc23)C(=O)C(O)=C1. The first kappa shape index (κ1) is 26.2. The van der Waals surface area contributed by atoms with E-state index in [1.54, 1.807) is 30.3 Å². The molecule has 1 spiro atoms. The molecule has 7 heteroatoms. The van der Waals surface area contributed by atoms with Crippen molar-refractivity contribution in [2.75, 3.05) is 7.11 Å². The van der Waals surface area contributed by atoms with Crippen LogP contribution in [0.5, 0.6) is 17.2 Å². The van der Waals surface area contributed by atoms with Gasteiger partial charge in [0, 0.05) is 38.2 Å². The van der Waals surface area contributed by atoms with Crippen LogP contribution < -0.4 is 9.47 Å². The van der Waals surface area contributed by atoms with Gasteiger partial charge in [-0.05, 0) is 63.7 Å². The fraction of sp³-hybridized carbons (Fsp3) is 0.0513. The fourth-order valence-corrected chi connectivity index (χ4v) is 7.56. The Morgan fingerprint density at radius 2 is 1.33 bits per heavy atom. The van der Waals surface area contributed by atoms with Crippen molar-refractivity contribution in [2.24, 2.45) is 0 Å². The fourth-order valence-electron chi connectivity index (χ4n) is 7.56. The maximum Gasteiger partial charge on any atom is 0.334 e. The second-order valence-corrected chi connectivity index (χ2v) is 11.7. The Kier molecular flexibility index (Phi) is 5.09. The van der Waals surface area contributed by atoms with Crippen LogP contribution in [0, 0.1) is 0 Å². The highest BCUT2D eigenvalue weighted by Crippen LogP contribution is 2.59. The Labute approximate surface area is 261 Å². The van der Waals surface area contributed by atoms with Crippen LogP contribution >= 0.6 is 0 Å². The van der Waals surface area contributed by atoms with Crippen LogP contribution in [0.3, 0.4) is 0 Å². The first-order valence-electron chi connectivity index (χ1n) is 14.7. The molecular weight excluding hydrogens is 580 g/mol. The third kappa shape index (κ3) is 3.04. The van der Waals surface area contributed by atoms with E-state index in [9.17, 15) is 19.8 Å². The Morgan fingerprint density at radius 1 is 0.696 bits per heavy atom. The molecule has 0 saturated heterocycles. The number of phenolic OH excluding ortho intramolecular Hbond substituents is 1. The van der Waals surface area contributed by atoms with Gasteiger partial charge in [0.05, 0.1) is 7.11 Å². The number of allylic oxidation sites excluding steroid dienone is 1. The van der Waals surface area contributed by atoms with Crippen LogP contribution in [0.4, 0.5) is 0 Å². The molecule has 1 unspecified atom stereocenters. The molecule has 3 aliphatic rings. The monoisotopic (exact) mass is 602 g/mol. The van der Waals surface area contributed by atoms with Gasteiger partial charge >= 0.3 is 5.97 Å². The van der Waals surface area contributed by atoms with Crippen LogP contribution in [0.15, 0.2) is 103 Å². The number of hydrogen-bond acceptors (Lipinski definition) is 7. The number of carbonyl (C=O) groups excluding carboxylic acids is 3. The molecule has 1 atom stereocenters. The van der Waals surface area contributed by atoms with Crippen molar-refractivity contribution >= 4 is 45.2 Å². The summed E-state index contributed by atoms with van der Waals surface area (Å²) in [6.07, 6.45) is 1.37. The molecule has 6 aromatic carbocycles. The standard InChI is InChI=1S/C39H22O7/c1-45-29-18-26-31-24(34(29)41)14-12-23(20-10-6-3-7-11-20)33(31)37(43)39(26)27-16-21-17-28(40)35(42)32-22(19-8-4-2-5-9-19)13-15-25(30(21)32)36(27)46-38(39)44/h2-18,40-41H,1H3. The van der Waals surface area contributed by atoms with Gasteiger partial charge in [-0.2, -0.15) is 0 Å². The number of aliphatic hydroxyl groups excluding tert-OH is 1. The predicted molar refractivity (Wildman–Crippen MR) is 173 cm³/mol. The second kappa shape index (κ2) is 8.92. The third-order valence-electron chi connectivity index (χ3n) is 9.54. The number of fused-ring (bicyclic) bond motifs is 4. The number of hydrogen-bond donors (Lipinski definition) is 2. The van der Waals surface area contributed by atoms with Gasteiger partial charge in [-0.25, -0.2) is 4.79 Å². The minimum absolute atomic E-state index is 0.108. The van der Waals surface area contributed by atoms with E-state index in [1.165, 1.54) is 19.3 Å². The maximum absolute atomic E-state index is 15.0. The highest BCUT2D eigenvalue weighted by molar-refractivity contribution is 6.36. The summed E-state index contributed by atoms with van der Waals surface area (Å²) >= 11 is 0. The molecule has 9 rings (SSSR count). The summed E-state index contributed by atoms with van der Waals surface area (Å²) in [7, 11) is 1.41. The molecule has 46 heavy (non-hydrogen) atoms. The van der Waals surface area contributed by atoms with E-state index in [1.807, 2.05) is 60.7 Å². The van der Waals surface area contributed by atoms with Gasteiger partial charge in [0.25, 0.3) is 0 Å². The molecular formula is C39H22O7. The van der Waals surface area contributed by atoms with Gasteiger partial charge in [-0.3, -0.25) is 9.59 Å². The Morgan fingerprint density at radius 3 is 1.98 bits per heavy atom. The van der Waals surface area contributed by atoms with Crippen molar-refractivity contribution in [3.8, 4) is 39.5 Å². The van der Waals surface area contributed by atoms with E-state index in [0.717, 1.165) is 11.1 Å². The number of esters is 1. The van der Waals surface area contributed by atoms with Crippen LogP contribution in [0.2, 0.25) is 0 Å². The van der Waals surface area contributed by atoms with Crippen molar-refractivity contribution < 1.29 is 34.1 Å². The van der Waals surface area contributed by atoms with E-state index in [0.29, 0.717) is 60.5 Å². The van der Waals surface area contributed by atoms with E-state index in [4.69, 9.17) is 9.47 Å². The third-order valence-corrected chi connectivity index (χ3v) is 9.54.